The molecule has 1 aliphatic heterocycles. The molecule has 102 valence electrons. The van der Waals surface area contributed by atoms with Crippen LogP contribution in [0.4, 0.5) is 0 Å². The first kappa shape index (κ1) is 13.3. The predicted molar refractivity (Wildman–Crippen MR) is 68.8 cm³/mol. The molecule has 1 atom stereocenters. The molecule has 1 aliphatic carbocycles. The van der Waals surface area contributed by atoms with Crippen molar-refractivity contribution >= 4 is 11.8 Å². The lowest BCUT2D eigenvalue weighted by molar-refractivity contribution is -0.134. The van der Waals surface area contributed by atoms with Crippen LogP contribution in [0.1, 0.15) is 39.0 Å². The number of hydrogen-bond acceptors (Lipinski definition) is 3. The zero-order valence-electron chi connectivity index (χ0n) is 11.3. The third-order valence-corrected chi connectivity index (χ3v) is 4.45. The lowest BCUT2D eigenvalue weighted by Crippen LogP contribution is -2.50. The molecule has 5 nitrogen and oxygen atoms in total. The van der Waals surface area contributed by atoms with Crippen molar-refractivity contribution in [3.05, 3.63) is 0 Å². The number of amides is 2. The number of hydrogen-bond donors (Lipinski definition) is 2. The molecule has 5 heteroatoms. The Morgan fingerprint density at radius 3 is 2.50 bits per heavy atom. The fourth-order valence-electron chi connectivity index (χ4n) is 2.88. The van der Waals surface area contributed by atoms with Crippen LogP contribution < -0.4 is 11.1 Å². The van der Waals surface area contributed by atoms with E-state index >= 15 is 0 Å². The molecule has 0 aromatic carbocycles. The fourth-order valence-corrected chi connectivity index (χ4v) is 2.88. The van der Waals surface area contributed by atoms with Crippen molar-refractivity contribution in [2.45, 2.75) is 44.6 Å². The summed E-state index contributed by atoms with van der Waals surface area (Å²) < 4.78 is 0. The van der Waals surface area contributed by atoms with Gasteiger partial charge < -0.3 is 16.0 Å². The van der Waals surface area contributed by atoms with Crippen molar-refractivity contribution in [3.63, 3.8) is 0 Å². The molecule has 0 spiro atoms. The van der Waals surface area contributed by atoms with E-state index in [9.17, 15) is 9.59 Å². The van der Waals surface area contributed by atoms with Gasteiger partial charge in [0, 0.05) is 32.1 Å². The first-order valence-electron chi connectivity index (χ1n) is 6.67. The number of carbonyl (C=O) groups is 2. The Bertz CT molecular complexity index is 365. The second-order valence-corrected chi connectivity index (χ2v) is 6.10. The van der Waals surface area contributed by atoms with Crippen molar-refractivity contribution in [2.24, 2.45) is 11.1 Å². The molecule has 1 saturated heterocycles. The highest BCUT2D eigenvalue weighted by molar-refractivity contribution is 5.85. The minimum atomic E-state index is -0.439. The van der Waals surface area contributed by atoms with Crippen LogP contribution in [0.15, 0.2) is 0 Å². The van der Waals surface area contributed by atoms with E-state index in [0.717, 1.165) is 25.7 Å². The third kappa shape index (κ3) is 2.36. The molecule has 18 heavy (non-hydrogen) atoms. The average Bonchev–Trinajstić information content (AvgIpc) is 2.70. The van der Waals surface area contributed by atoms with Crippen LogP contribution in [-0.4, -0.2) is 42.4 Å². The van der Waals surface area contributed by atoms with E-state index in [1.165, 1.54) is 0 Å². The molecule has 2 fully saturated rings. The van der Waals surface area contributed by atoms with Gasteiger partial charge in [-0.15, -0.1) is 0 Å². The van der Waals surface area contributed by atoms with E-state index in [0.29, 0.717) is 19.5 Å². The zero-order chi connectivity index (χ0) is 13.4. The first-order valence-corrected chi connectivity index (χ1v) is 6.67. The van der Waals surface area contributed by atoms with E-state index in [1.54, 1.807) is 11.9 Å². The molecule has 2 rings (SSSR count). The maximum atomic E-state index is 12.2. The largest absolute Gasteiger partial charge is 0.359 e. The van der Waals surface area contributed by atoms with Crippen molar-refractivity contribution < 1.29 is 9.59 Å². The summed E-state index contributed by atoms with van der Waals surface area (Å²) in [6.07, 6.45) is 4.17. The monoisotopic (exact) mass is 253 g/mol. The van der Waals surface area contributed by atoms with Crippen LogP contribution in [0.5, 0.6) is 0 Å². The quantitative estimate of drug-likeness (QED) is 0.756. The molecule has 1 unspecified atom stereocenters. The third-order valence-electron chi connectivity index (χ3n) is 4.45. The number of nitrogens with one attached hydrogen (secondary N) is 1. The smallest absolute Gasteiger partial charge is 0.227 e. The number of nitrogens with zero attached hydrogens (tertiary/aromatic N) is 1. The van der Waals surface area contributed by atoms with Gasteiger partial charge in [-0.05, 0) is 32.6 Å². The Hall–Kier alpha value is -1.10. The lowest BCUT2D eigenvalue weighted by Gasteiger charge is -2.38. The van der Waals surface area contributed by atoms with Gasteiger partial charge in [0.2, 0.25) is 11.8 Å². The summed E-state index contributed by atoms with van der Waals surface area (Å²) in [6.45, 7) is 3.10. The van der Waals surface area contributed by atoms with Gasteiger partial charge in [0.1, 0.15) is 0 Å². The molecule has 0 aromatic heterocycles. The highest BCUT2D eigenvalue weighted by Gasteiger charge is 2.43. The van der Waals surface area contributed by atoms with Gasteiger partial charge in [-0.3, -0.25) is 9.59 Å². The SMILES string of the molecule is CNC(=O)C1(C)CCN(C(=O)CC2(N)CCC2)C1. The van der Waals surface area contributed by atoms with Crippen LogP contribution in [0.2, 0.25) is 0 Å². The van der Waals surface area contributed by atoms with E-state index < -0.39 is 5.41 Å². The van der Waals surface area contributed by atoms with Gasteiger partial charge in [0.15, 0.2) is 0 Å². The summed E-state index contributed by atoms with van der Waals surface area (Å²) in [5.74, 6) is 0.119. The minimum absolute atomic E-state index is 0.0175. The molecular formula is C13H23N3O2. The molecule has 2 amide bonds. The maximum absolute atomic E-state index is 12.2. The predicted octanol–water partition coefficient (Wildman–Crippen LogP) is 0.243. The van der Waals surface area contributed by atoms with E-state index in [1.807, 2.05) is 6.92 Å². The fraction of sp³-hybridized carbons (Fsp3) is 0.846. The molecule has 0 aromatic rings. The average molecular weight is 253 g/mol. The van der Waals surface area contributed by atoms with Crippen molar-refractivity contribution in [1.29, 1.82) is 0 Å². The highest BCUT2D eigenvalue weighted by atomic mass is 16.2. The zero-order valence-corrected chi connectivity index (χ0v) is 11.3. The van der Waals surface area contributed by atoms with Crippen LogP contribution >= 0.6 is 0 Å². The van der Waals surface area contributed by atoms with Crippen LogP contribution in [-0.2, 0) is 9.59 Å². The molecule has 2 aliphatic rings. The highest BCUT2D eigenvalue weighted by Crippen LogP contribution is 2.35. The number of carbonyl (C=O) groups excluding carboxylic acids is 2. The topological polar surface area (TPSA) is 75.4 Å². The van der Waals surface area contributed by atoms with Crippen molar-refractivity contribution in [3.8, 4) is 0 Å². The summed E-state index contributed by atoms with van der Waals surface area (Å²) >= 11 is 0. The number of nitrogens with two attached hydrogens (primary N) is 1. The van der Waals surface area contributed by atoms with Crippen molar-refractivity contribution in [1.82, 2.24) is 10.2 Å². The molecule has 0 bridgehead atoms. The summed E-state index contributed by atoms with van der Waals surface area (Å²) in [5, 5.41) is 2.68. The van der Waals surface area contributed by atoms with Gasteiger partial charge in [-0.1, -0.05) is 0 Å². The normalized spacial score (nSPS) is 29.8. The van der Waals surface area contributed by atoms with Gasteiger partial charge in [-0.2, -0.15) is 0 Å². The summed E-state index contributed by atoms with van der Waals surface area (Å²) in [5.41, 5.74) is 5.38. The standard InChI is InChI=1S/C13H23N3O2/c1-12(11(18)15-2)6-7-16(9-12)10(17)8-13(14)4-3-5-13/h3-9,14H2,1-2H3,(H,15,18). The van der Waals surface area contributed by atoms with Crippen LogP contribution in [0.25, 0.3) is 0 Å². The Morgan fingerprint density at radius 2 is 2.00 bits per heavy atom. The van der Waals surface area contributed by atoms with E-state index in [2.05, 4.69) is 5.32 Å². The second-order valence-electron chi connectivity index (χ2n) is 6.10. The lowest BCUT2D eigenvalue weighted by atomic mass is 9.75. The van der Waals surface area contributed by atoms with Gasteiger partial charge in [-0.25, -0.2) is 0 Å². The van der Waals surface area contributed by atoms with Crippen LogP contribution in [0, 0.1) is 5.41 Å². The molecule has 1 heterocycles. The summed E-state index contributed by atoms with van der Waals surface area (Å²) in [4.78, 5) is 25.7. The summed E-state index contributed by atoms with van der Waals surface area (Å²) in [6, 6.07) is 0. The number of likely N-dealkylation sites (tertiary alicyclic amines) is 1. The van der Waals surface area contributed by atoms with Crippen LogP contribution in [0.3, 0.4) is 0 Å². The molecular weight excluding hydrogens is 230 g/mol. The van der Waals surface area contributed by atoms with E-state index in [-0.39, 0.29) is 17.4 Å². The summed E-state index contributed by atoms with van der Waals surface area (Å²) in [7, 11) is 1.64. The second kappa shape index (κ2) is 4.53. The van der Waals surface area contributed by atoms with Gasteiger partial charge in [0.05, 0.1) is 5.41 Å². The van der Waals surface area contributed by atoms with Crippen molar-refractivity contribution in [2.75, 3.05) is 20.1 Å². The minimum Gasteiger partial charge on any atom is -0.359 e. The van der Waals surface area contributed by atoms with E-state index in [4.69, 9.17) is 5.73 Å². The number of rotatable bonds is 3. The molecule has 1 saturated carbocycles. The Kier molecular flexibility index (Phi) is 3.36. The first-order chi connectivity index (χ1) is 8.38. The molecule has 0 radical (unpaired) electrons. The Morgan fingerprint density at radius 1 is 1.33 bits per heavy atom. The van der Waals surface area contributed by atoms with Gasteiger partial charge in [0.25, 0.3) is 0 Å². The Balaban J connectivity index is 1.92. The van der Waals surface area contributed by atoms with Gasteiger partial charge >= 0.3 is 0 Å². The maximum Gasteiger partial charge on any atom is 0.227 e. The Labute approximate surface area is 108 Å². The molecule has 3 N–H and O–H groups in total.